The van der Waals surface area contributed by atoms with Crippen molar-refractivity contribution >= 4 is 11.7 Å². The molecular weight excluding hydrogens is 310 g/mol. The monoisotopic (exact) mass is 337 g/mol. The molecule has 6 heteroatoms. The van der Waals surface area contributed by atoms with Crippen molar-refractivity contribution in [3.05, 3.63) is 12.2 Å². The minimum absolute atomic E-state index is 0.0654. The average molecular weight is 337 g/mol. The maximum absolute atomic E-state index is 12.5. The first kappa shape index (κ1) is 17.4. The second kappa shape index (κ2) is 8.12. The summed E-state index contributed by atoms with van der Waals surface area (Å²) in [5, 5.41) is 4.21. The Kier molecular flexibility index (Phi) is 5.89. The van der Waals surface area contributed by atoms with Crippen molar-refractivity contribution in [1.82, 2.24) is 0 Å². The summed E-state index contributed by atoms with van der Waals surface area (Å²) in [5.74, 6) is -0.102. The molecule has 0 aromatic rings. The molecule has 0 aromatic carbocycles. The molecule has 24 heavy (non-hydrogen) atoms. The number of hydrogen-bond acceptors (Lipinski definition) is 6. The van der Waals surface area contributed by atoms with Crippen molar-refractivity contribution in [1.29, 1.82) is 0 Å². The zero-order valence-electron chi connectivity index (χ0n) is 14.5. The van der Waals surface area contributed by atoms with E-state index in [1.54, 1.807) is 7.11 Å². The number of fused-ring (bicyclic) bond motifs is 3. The number of carbonyl (C=O) groups excluding carboxylic acids is 1. The van der Waals surface area contributed by atoms with Crippen molar-refractivity contribution in [2.24, 2.45) is 22.9 Å². The highest BCUT2D eigenvalue weighted by Crippen LogP contribution is 2.39. The van der Waals surface area contributed by atoms with E-state index in [0.717, 1.165) is 37.8 Å². The maximum atomic E-state index is 12.5. The maximum Gasteiger partial charge on any atom is 0.318 e. The molecular formula is C18H27NO5. The summed E-state index contributed by atoms with van der Waals surface area (Å²) < 4.78 is 16.4. The van der Waals surface area contributed by atoms with E-state index in [4.69, 9.17) is 19.0 Å². The molecule has 0 radical (unpaired) electrons. The lowest BCUT2D eigenvalue weighted by molar-refractivity contribution is -0.152. The van der Waals surface area contributed by atoms with Gasteiger partial charge in [0.2, 0.25) is 0 Å². The Morgan fingerprint density at radius 3 is 3.08 bits per heavy atom. The van der Waals surface area contributed by atoms with Crippen LogP contribution in [0.5, 0.6) is 0 Å². The van der Waals surface area contributed by atoms with Crippen LogP contribution in [0.1, 0.15) is 39.0 Å². The predicted octanol–water partition coefficient (Wildman–Crippen LogP) is 2.68. The molecule has 0 unspecified atom stereocenters. The van der Waals surface area contributed by atoms with Crippen LogP contribution in [0.2, 0.25) is 0 Å². The van der Waals surface area contributed by atoms with Gasteiger partial charge in [-0.2, -0.15) is 0 Å². The third-order valence-electron chi connectivity index (χ3n) is 5.10. The van der Waals surface area contributed by atoms with Gasteiger partial charge in [0, 0.05) is 13.0 Å². The molecule has 0 spiro atoms. The van der Waals surface area contributed by atoms with Crippen LogP contribution < -0.4 is 0 Å². The van der Waals surface area contributed by atoms with E-state index in [9.17, 15) is 4.79 Å². The quantitative estimate of drug-likeness (QED) is 0.450. The molecule has 134 valence electrons. The van der Waals surface area contributed by atoms with Crippen LogP contribution in [-0.2, 0) is 23.8 Å². The molecule has 3 rings (SSSR count). The zero-order chi connectivity index (χ0) is 16.9. The molecule has 3 aliphatic rings. The molecule has 6 nitrogen and oxygen atoms in total. The summed E-state index contributed by atoms with van der Waals surface area (Å²) in [6, 6.07) is 0. The average Bonchev–Trinajstić information content (AvgIpc) is 3.18. The van der Waals surface area contributed by atoms with Crippen LogP contribution >= 0.6 is 0 Å². The molecule has 1 fully saturated rings. The number of nitrogens with zero attached hydrogens (tertiary/aromatic N) is 1. The topological polar surface area (TPSA) is 66.4 Å². The van der Waals surface area contributed by atoms with Gasteiger partial charge in [0.15, 0.2) is 0 Å². The van der Waals surface area contributed by atoms with E-state index in [1.165, 1.54) is 0 Å². The second-order valence-electron chi connectivity index (χ2n) is 6.91. The molecule has 0 N–H and O–H groups in total. The van der Waals surface area contributed by atoms with E-state index in [2.05, 4.69) is 17.3 Å². The third kappa shape index (κ3) is 3.98. The lowest BCUT2D eigenvalue weighted by Crippen LogP contribution is -2.34. The van der Waals surface area contributed by atoms with Gasteiger partial charge in [-0.15, -0.1) is 0 Å². The van der Waals surface area contributed by atoms with Crippen molar-refractivity contribution in [3.8, 4) is 0 Å². The van der Waals surface area contributed by atoms with Crippen molar-refractivity contribution in [2.75, 3.05) is 20.5 Å². The zero-order valence-corrected chi connectivity index (χ0v) is 14.5. The number of allylic oxidation sites excluding steroid dienone is 2. The lowest BCUT2D eigenvalue weighted by atomic mass is 9.84. The third-order valence-corrected chi connectivity index (χ3v) is 5.10. The van der Waals surface area contributed by atoms with E-state index >= 15 is 0 Å². The smallest absolute Gasteiger partial charge is 0.318 e. The Hall–Kier alpha value is -1.40. The minimum atomic E-state index is -0.381. The Morgan fingerprint density at radius 1 is 1.38 bits per heavy atom. The second-order valence-corrected chi connectivity index (χ2v) is 6.91. The van der Waals surface area contributed by atoms with Gasteiger partial charge in [0.1, 0.15) is 19.3 Å². The molecule has 0 saturated heterocycles. The molecule has 2 heterocycles. The Balaban J connectivity index is 1.79. The molecule has 0 bridgehead atoms. The van der Waals surface area contributed by atoms with Gasteiger partial charge in [-0.1, -0.05) is 17.3 Å². The molecule has 2 aliphatic heterocycles. The number of methoxy groups -OCH3 is 1. The highest BCUT2D eigenvalue weighted by molar-refractivity contribution is 6.04. The number of oxime groups is 1. The highest BCUT2D eigenvalue weighted by atomic mass is 16.7. The lowest BCUT2D eigenvalue weighted by Gasteiger charge is -2.21. The van der Waals surface area contributed by atoms with E-state index in [-0.39, 0.29) is 36.6 Å². The van der Waals surface area contributed by atoms with Crippen molar-refractivity contribution in [2.45, 2.75) is 51.2 Å². The summed E-state index contributed by atoms with van der Waals surface area (Å²) in [5.41, 5.74) is 0.825. The fourth-order valence-corrected chi connectivity index (χ4v) is 3.86. The largest absolute Gasteiger partial charge is 0.462 e. The summed E-state index contributed by atoms with van der Waals surface area (Å²) in [7, 11) is 1.63. The standard InChI is InChI=1S/C18H27NO5/c1-12-6-4-3-5-7-13-8-14(22-11-21-2)9-15(13)17-16(10-23-19-17)18(20)24-12/h5,7,12-16H,3-4,6,8-11H2,1-2H3/b7-5+/t12-,13-,14+,15-,16-/m1/s1. The summed E-state index contributed by atoms with van der Waals surface area (Å²) in [6.45, 7) is 2.53. The number of cyclic esters (lactones) is 1. The SMILES string of the molecule is COCO[C@H]1C[C@H]2/C=C/CCC[C@@H](C)OC(=O)[C@@H]3CON=C3[C@@H]2C1. The fourth-order valence-electron chi connectivity index (χ4n) is 3.86. The van der Waals surface area contributed by atoms with Gasteiger partial charge in [-0.25, -0.2) is 0 Å². The van der Waals surface area contributed by atoms with E-state index in [1.807, 2.05) is 6.92 Å². The number of hydrogen-bond donors (Lipinski definition) is 0. The Morgan fingerprint density at radius 2 is 2.25 bits per heavy atom. The minimum Gasteiger partial charge on any atom is -0.462 e. The fraction of sp³-hybridized carbons (Fsp3) is 0.778. The Bertz CT molecular complexity index is 504. The van der Waals surface area contributed by atoms with Crippen molar-refractivity contribution < 1.29 is 23.8 Å². The first-order chi connectivity index (χ1) is 11.7. The molecule has 1 aliphatic carbocycles. The van der Waals surface area contributed by atoms with Gasteiger partial charge in [0.25, 0.3) is 0 Å². The predicted molar refractivity (Wildman–Crippen MR) is 88.4 cm³/mol. The number of carbonyl (C=O) groups is 1. The summed E-state index contributed by atoms with van der Waals surface area (Å²) in [6.07, 6.45) is 9.23. The number of esters is 1. The van der Waals surface area contributed by atoms with Gasteiger partial charge < -0.3 is 19.0 Å². The van der Waals surface area contributed by atoms with E-state index in [0.29, 0.717) is 12.7 Å². The molecule has 1 saturated carbocycles. The van der Waals surface area contributed by atoms with Crippen LogP contribution in [0.25, 0.3) is 0 Å². The molecule has 0 amide bonds. The van der Waals surface area contributed by atoms with Crippen LogP contribution in [0.15, 0.2) is 17.3 Å². The normalized spacial score (nSPS) is 38.0. The van der Waals surface area contributed by atoms with E-state index < -0.39 is 0 Å². The van der Waals surface area contributed by atoms with Gasteiger partial charge in [-0.3, -0.25) is 4.79 Å². The molecule has 5 atom stereocenters. The number of rotatable bonds is 3. The van der Waals surface area contributed by atoms with Crippen LogP contribution in [-0.4, -0.2) is 44.4 Å². The van der Waals surface area contributed by atoms with Crippen molar-refractivity contribution in [3.63, 3.8) is 0 Å². The number of ether oxygens (including phenoxy) is 3. The van der Waals surface area contributed by atoms with Crippen LogP contribution in [0.4, 0.5) is 0 Å². The van der Waals surface area contributed by atoms with Crippen LogP contribution in [0.3, 0.4) is 0 Å². The first-order valence-electron chi connectivity index (χ1n) is 8.86. The Labute approximate surface area is 143 Å². The first-order valence-corrected chi connectivity index (χ1v) is 8.86. The summed E-state index contributed by atoms with van der Waals surface area (Å²) in [4.78, 5) is 17.8. The van der Waals surface area contributed by atoms with Gasteiger partial charge in [0.05, 0.1) is 17.9 Å². The van der Waals surface area contributed by atoms with Crippen LogP contribution in [0, 0.1) is 17.8 Å². The summed E-state index contributed by atoms with van der Waals surface area (Å²) >= 11 is 0. The highest BCUT2D eigenvalue weighted by Gasteiger charge is 2.44. The van der Waals surface area contributed by atoms with Gasteiger partial charge >= 0.3 is 5.97 Å². The van der Waals surface area contributed by atoms with Gasteiger partial charge in [-0.05, 0) is 44.9 Å². The molecule has 0 aromatic heterocycles.